The molecule has 3 heterocycles. The van der Waals surface area contributed by atoms with Gasteiger partial charge in [0.2, 0.25) is 22.8 Å². The Bertz CT molecular complexity index is 1670. The molecule has 5 rings (SSSR count). The van der Waals surface area contributed by atoms with Gasteiger partial charge < -0.3 is 39.4 Å². The minimum absolute atomic E-state index is 0.00441. The SMILES string of the molecule is CN=C(NC#N)NCCCCCC(C)(C)CN(C[C@@H](O)[C@H](Cc1ccccc1)NC(=O)O[C@H]1CO[C@H]2OCC[C@H]21)S(=O)(=O)c1ccc2c(c1)OCO2. The summed E-state index contributed by atoms with van der Waals surface area (Å²) in [6.07, 6.45) is 3.09. The van der Waals surface area contributed by atoms with Crippen LogP contribution in [0.4, 0.5) is 4.79 Å². The molecule has 0 saturated carbocycles. The summed E-state index contributed by atoms with van der Waals surface area (Å²) in [5.74, 6) is 1.12. The first kappa shape index (κ1) is 39.1. The number of ether oxygens (including phenoxy) is 5. The lowest BCUT2D eigenvalue weighted by atomic mass is 9.86. The molecule has 52 heavy (non-hydrogen) atoms. The summed E-state index contributed by atoms with van der Waals surface area (Å²) in [4.78, 5) is 17.3. The standard InChI is InChI=1S/C36H50N6O9S/c1-36(2,15-8-5-9-16-39-34(38-3)40-23-37)22-42(52(45,46)26-12-13-30-31(19-26)50-24-49-30)20-29(43)28(18-25-10-6-4-7-11-25)41-35(44)51-32-21-48-33-27(32)14-17-47-33/h4,6-7,10-13,19,27-29,32-33,43H,5,8-9,14-18,20-22,24H2,1-3H3,(H,41,44)(H2,38,39,40)/t27-,28-,29+,32-,33+/m0/s1. The zero-order chi connectivity index (χ0) is 37.1. The van der Waals surface area contributed by atoms with Gasteiger partial charge in [-0.05, 0) is 48.8 Å². The Morgan fingerprint density at radius 3 is 2.69 bits per heavy atom. The van der Waals surface area contributed by atoms with Gasteiger partial charge in [-0.2, -0.15) is 9.57 Å². The molecule has 0 aliphatic carbocycles. The third kappa shape index (κ3) is 10.5. The molecule has 2 fully saturated rings. The van der Waals surface area contributed by atoms with Crippen LogP contribution in [0.25, 0.3) is 0 Å². The van der Waals surface area contributed by atoms with Crippen molar-refractivity contribution >= 4 is 22.1 Å². The first-order valence-corrected chi connectivity index (χ1v) is 19.1. The number of aliphatic hydroxyl groups is 1. The quantitative estimate of drug-likeness (QED) is 0.0610. The second kappa shape index (κ2) is 18.1. The van der Waals surface area contributed by atoms with Crippen LogP contribution in [0, 0.1) is 22.8 Å². The predicted octanol–water partition coefficient (Wildman–Crippen LogP) is 3.10. The maximum absolute atomic E-state index is 14.4. The summed E-state index contributed by atoms with van der Waals surface area (Å²) in [7, 11) is -2.57. The normalized spacial score (nSPS) is 20.9. The van der Waals surface area contributed by atoms with Crippen molar-refractivity contribution in [2.75, 3.05) is 46.7 Å². The number of nitrogens with zero attached hydrogens (tertiary/aromatic N) is 3. The molecule has 5 atom stereocenters. The van der Waals surface area contributed by atoms with E-state index in [1.54, 1.807) is 13.1 Å². The number of guanidine groups is 1. The van der Waals surface area contributed by atoms with Crippen molar-refractivity contribution in [3.05, 3.63) is 54.1 Å². The van der Waals surface area contributed by atoms with Crippen LogP contribution in [0.1, 0.15) is 51.5 Å². The zero-order valence-corrected chi connectivity index (χ0v) is 30.8. The van der Waals surface area contributed by atoms with Crippen LogP contribution in [0.15, 0.2) is 58.4 Å². The Hall–Kier alpha value is -4.14. The van der Waals surface area contributed by atoms with Crippen LogP contribution < -0.4 is 25.4 Å². The lowest BCUT2D eigenvalue weighted by Crippen LogP contribution is -2.52. The van der Waals surface area contributed by atoms with Gasteiger partial charge in [-0.15, -0.1) is 0 Å². The first-order valence-electron chi connectivity index (χ1n) is 17.7. The Balaban J connectivity index is 1.30. The van der Waals surface area contributed by atoms with Crippen LogP contribution in [0.3, 0.4) is 0 Å². The number of hydrogen-bond acceptors (Lipinski definition) is 11. The summed E-state index contributed by atoms with van der Waals surface area (Å²) >= 11 is 0. The van der Waals surface area contributed by atoms with Gasteiger partial charge in [0.05, 0.1) is 36.2 Å². The number of sulfonamides is 1. The van der Waals surface area contributed by atoms with Gasteiger partial charge in [-0.3, -0.25) is 10.3 Å². The van der Waals surface area contributed by atoms with Crippen LogP contribution in [-0.4, -0.2) is 101 Å². The van der Waals surface area contributed by atoms with E-state index in [9.17, 15) is 18.3 Å². The van der Waals surface area contributed by atoms with E-state index in [1.807, 2.05) is 50.4 Å². The number of aliphatic imine (C=N–C) groups is 1. The summed E-state index contributed by atoms with van der Waals surface area (Å²) in [6, 6.07) is 12.9. The molecular weight excluding hydrogens is 692 g/mol. The van der Waals surface area contributed by atoms with E-state index in [2.05, 4.69) is 20.9 Å². The van der Waals surface area contributed by atoms with Gasteiger partial charge in [0.25, 0.3) is 0 Å². The monoisotopic (exact) mass is 742 g/mol. The first-order chi connectivity index (χ1) is 25.0. The van der Waals surface area contributed by atoms with E-state index in [1.165, 1.54) is 16.4 Å². The van der Waals surface area contributed by atoms with Crippen molar-refractivity contribution in [1.82, 2.24) is 20.3 Å². The average molecular weight is 743 g/mol. The van der Waals surface area contributed by atoms with Crippen molar-refractivity contribution in [1.29, 1.82) is 5.26 Å². The van der Waals surface area contributed by atoms with E-state index in [0.717, 1.165) is 24.8 Å². The Labute approximate surface area is 305 Å². The van der Waals surface area contributed by atoms with Crippen molar-refractivity contribution in [2.45, 2.75) is 81.8 Å². The fourth-order valence-electron chi connectivity index (χ4n) is 6.69. The highest BCUT2D eigenvalue weighted by molar-refractivity contribution is 7.89. The molecule has 1 amide bonds. The molecule has 4 N–H and O–H groups in total. The van der Waals surface area contributed by atoms with Gasteiger partial charge in [-0.1, -0.05) is 57.0 Å². The lowest BCUT2D eigenvalue weighted by molar-refractivity contribution is -0.0907. The molecule has 3 aliphatic heterocycles. The third-order valence-electron chi connectivity index (χ3n) is 9.51. The fourth-order valence-corrected chi connectivity index (χ4v) is 8.35. The van der Waals surface area contributed by atoms with E-state index < -0.39 is 46.1 Å². The van der Waals surface area contributed by atoms with Crippen molar-refractivity contribution in [3.8, 4) is 17.7 Å². The molecular formula is C36H50N6O9S. The van der Waals surface area contributed by atoms with E-state index >= 15 is 0 Å². The highest BCUT2D eigenvalue weighted by atomic mass is 32.2. The molecule has 0 unspecified atom stereocenters. The van der Waals surface area contributed by atoms with E-state index in [-0.39, 0.29) is 43.7 Å². The summed E-state index contributed by atoms with van der Waals surface area (Å²) in [6.45, 7) is 5.17. The topological polar surface area (TPSA) is 193 Å². The lowest BCUT2D eigenvalue weighted by Gasteiger charge is -2.35. The minimum Gasteiger partial charge on any atom is -0.454 e. The van der Waals surface area contributed by atoms with Crippen molar-refractivity contribution < 1.29 is 42.0 Å². The maximum Gasteiger partial charge on any atom is 0.407 e. The molecule has 0 radical (unpaired) electrons. The molecule has 0 aromatic heterocycles. The number of carbonyl (C=O) groups excluding carboxylic acids is 1. The summed E-state index contributed by atoms with van der Waals surface area (Å²) in [5, 5.41) is 29.1. The number of benzene rings is 2. The molecule has 0 spiro atoms. The highest BCUT2D eigenvalue weighted by Gasteiger charge is 2.44. The number of alkyl carbamates (subject to hydrolysis) is 1. The number of aliphatic hydroxyl groups excluding tert-OH is 1. The van der Waals surface area contributed by atoms with Gasteiger partial charge in [-0.25, -0.2) is 13.2 Å². The van der Waals surface area contributed by atoms with Gasteiger partial charge in [0.1, 0.15) is 6.10 Å². The molecule has 0 bridgehead atoms. The molecule has 16 heteroatoms. The average Bonchev–Trinajstić information content (AvgIpc) is 3.88. The van der Waals surface area contributed by atoms with Crippen molar-refractivity contribution in [3.63, 3.8) is 0 Å². The van der Waals surface area contributed by atoms with Crippen LogP contribution in [-0.2, 0) is 30.7 Å². The second-order valence-corrected chi connectivity index (χ2v) is 15.9. The second-order valence-electron chi connectivity index (χ2n) is 14.0. The Morgan fingerprint density at radius 1 is 1.13 bits per heavy atom. The molecule has 15 nitrogen and oxygen atoms in total. The van der Waals surface area contributed by atoms with Crippen LogP contribution in [0.2, 0.25) is 0 Å². The van der Waals surface area contributed by atoms with Crippen LogP contribution in [0.5, 0.6) is 11.5 Å². The van der Waals surface area contributed by atoms with E-state index in [0.29, 0.717) is 43.5 Å². The molecule has 2 aromatic carbocycles. The zero-order valence-electron chi connectivity index (χ0n) is 30.0. The molecule has 2 aromatic rings. The van der Waals surface area contributed by atoms with Gasteiger partial charge in [0.15, 0.2) is 24.0 Å². The smallest absolute Gasteiger partial charge is 0.407 e. The molecule has 3 aliphatic rings. The Morgan fingerprint density at radius 2 is 1.92 bits per heavy atom. The number of amides is 1. The third-order valence-corrected chi connectivity index (χ3v) is 11.3. The number of rotatable bonds is 17. The minimum atomic E-state index is -4.16. The number of nitrogens with one attached hydrogen (secondary N) is 3. The number of unbranched alkanes of at least 4 members (excludes halogenated alkanes) is 2. The largest absolute Gasteiger partial charge is 0.454 e. The number of hydrogen-bond donors (Lipinski definition) is 4. The van der Waals surface area contributed by atoms with Gasteiger partial charge in [0, 0.05) is 32.7 Å². The van der Waals surface area contributed by atoms with Crippen LogP contribution >= 0.6 is 0 Å². The number of nitriles is 1. The summed E-state index contributed by atoms with van der Waals surface area (Å²) in [5.41, 5.74) is 0.361. The number of carbonyl (C=O) groups is 1. The number of fused-ring (bicyclic) bond motifs is 2. The highest BCUT2D eigenvalue weighted by Crippen LogP contribution is 2.36. The van der Waals surface area contributed by atoms with E-state index in [4.69, 9.17) is 28.9 Å². The van der Waals surface area contributed by atoms with Gasteiger partial charge >= 0.3 is 6.09 Å². The maximum atomic E-state index is 14.4. The Kier molecular flexibility index (Phi) is 13.6. The predicted molar refractivity (Wildman–Crippen MR) is 191 cm³/mol. The molecule has 2 saturated heterocycles. The fraction of sp³-hybridized carbons (Fsp3) is 0.583. The summed E-state index contributed by atoms with van der Waals surface area (Å²) < 4.78 is 57.9. The van der Waals surface area contributed by atoms with Crippen molar-refractivity contribution in [2.24, 2.45) is 16.3 Å². The molecule has 284 valence electrons.